The fourth-order valence-electron chi connectivity index (χ4n) is 3.40. The minimum absolute atomic E-state index is 0.0361. The highest BCUT2D eigenvalue weighted by Gasteiger charge is 2.44. The first kappa shape index (κ1) is 16.5. The molecule has 0 radical (unpaired) electrons. The summed E-state index contributed by atoms with van der Waals surface area (Å²) in [6, 6.07) is 9.00. The van der Waals surface area contributed by atoms with E-state index in [-0.39, 0.29) is 17.8 Å². The van der Waals surface area contributed by atoms with Crippen molar-refractivity contribution in [2.75, 3.05) is 13.7 Å². The number of aliphatic imine (C=N–C) groups is 1. The molecule has 5 nitrogen and oxygen atoms in total. The van der Waals surface area contributed by atoms with Crippen LogP contribution in [0.25, 0.3) is 0 Å². The Morgan fingerprint density at radius 3 is 2.92 bits per heavy atom. The van der Waals surface area contributed by atoms with E-state index in [2.05, 4.69) is 16.8 Å². The van der Waals surface area contributed by atoms with Gasteiger partial charge in [-0.05, 0) is 23.8 Å². The summed E-state index contributed by atoms with van der Waals surface area (Å²) < 4.78 is 5.29. The number of phenolic OH excluding ortho intramolecular Hbond substituents is 1. The average Bonchev–Trinajstić information content (AvgIpc) is 3.12. The number of aromatic nitrogens is 1. The van der Waals surface area contributed by atoms with E-state index in [1.54, 1.807) is 18.0 Å². The number of halogens is 1. The second kappa shape index (κ2) is 6.42. The largest absolute Gasteiger partial charge is 0.504 e. The highest BCUT2D eigenvalue weighted by Crippen LogP contribution is 2.50. The normalized spacial score (nSPS) is 25.0. The first-order chi connectivity index (χ1) is 12.1. The summed E-state index contributed by atoms with van der Waals surface area (Å²) in [7, 11) is 1.54. The van der Waals surface area contributed by atoms with Gasteiger partial charge in [-0.1, -0.05) is 36.4 Å². The Balaban J connectivity index is 1.83. The molecule has 1 saturated heterocycles. The minimum atomic E-state index is -0.136. The van der Waals surface area contributed by atoms with Gasteiger partial charge in [-0.3, -0.25) is 9.98 Å². The number of phenols is 1. The van der Waals surface area contributed by atoms with Gasteiger partial charge < -0.3 is 14.7 Å². The molecule has 7 heteroatoms. The maximum absolute atomic E-state index is 10.0. The summed E-state index contributed by atoms with van der Waals surface area (Å²) in [5, 5.41) is 12.0. The number of nitrogens with zero attached hydrogens (tertiary/aromatic N) is 3. The lowest BCUT2D eigenvalue weighted by Gasteiger charge is -2.28. The number of rotatable bonds is 3. The number of hydrogen-bond donors (Lipinski definition) is 1. The van der Waals surface area contributed by atoms with Crippen molar-refractivity contribution in [3.63, 3.8) is 0 Å². The van der Waals surface area contributed by atoms with Crippen LogP contribution in [0.2, 0.25) is 5.02 Å². The highest BCUT2D eigenvalue weighted by atomic mass is 35.5. The molecule has 130 valence electrons. The van der Waals surface area contributed by atoms with Gasteiger partial charge in [-0.25, -0.2) is 0 Å². The lowest BCUT2D eigenvalue weighted by Crippen LogP contribution is -2.28. The van der Waals surface area contributed by atoms with Crippen LogP contribution in [0.1, 0.15) is 30.3 Å². The minimum Gasteiger partial charge on any atom is -0.504 e. The Hall–Kier alpha value is -1.92. The van der Waals surface area contributed by atoms with E-state index < -0.39 is 0 Å². The Morgan fingerprint density at radius 1 is 1.36 bits per heavy atom. The summed E-state index contributed by atoms with van der Waals surface area (Å²) in [4.78, 5) is 11.7. The molecule has 4 rings (SSSR count). The van der Waals surface area contributed by atoms with Gasteiger partial charge >= 0.3 is 0 Å². The summed E-state index contributed by atoms with van der Waals surface area (Å²) in [6.07, 6.45) is 1.78. The topological polar surface area (TPSA) is 58.0 Å². The second-order valence-corrected chi connectivity index (χ2v) is 8.00. The van der Waals surface area contributed by atoms with Crippen molar-refractivity contribution in [1.82, 2.24) is 9.88 Å². The van der Waals surface area contributed by atoms with E-state index in [1.165, 1.54) is 13.2 Å². The fraction of sp³-hybridized carbons (Fsp3) is 0.333. The average molecular weight is 376 g/mol. The van der Waals surface area contributed by atoms with Crippen molar-refractivity contribution in [2.45, 2.75) is 24.3 Å². The number of benzene rings is 1. The molecule has 0 saturated carbocycles. The van der Waals surface area contributed by atoms with E-state index in [9.17, 15) is 5.11 Å². The van der Waals surface area contributed by atoms with Crippen LogP contribution in [0.15, 0.2) is 41.5 Å². The zero-order valence-corrected chi connectivity index (χ0v) is 15.5. The van der Waals surface area contributed by atoms with Crippen LogP contribution < -0.4 is 4.74 Å². The monoisotopic (exact) mass is 375 g/mol. The third kappa shape index (κ3) is 2.83. The zero-order valence-electron chi connectivity index (χ0n) is 13.9. The van der Waals surface area contributed by atoms with E-state index in [0.29, 0.717) is 16.0 Å². The number of thioether (sulfide) groups is 1. The molecule has 2 aromatic rings. The van der Waals surface area contributed by atoms with E-state index in [1.807, 2.05) is 24.3 Å². The number of methoxy groups -OCH3 is 1. The Morgan fingerprint density at radius 2 is 2.20 bits per heavy atom. The molecular weight excluding hydrogens is 358 g/mol. The lowest BCUT2D eigenvalue weighted by molar-refractivity contribution is 0.318. The molecule has 1 N–H and O–H groups in total. The van der Waals surface area contributed by atoms with Gasteiger partial charge in [0.15, 0.2) is 16.7 Å². The molecule has 3 atom stereocenters. The van der Waals surface area contributed by atoms with Crippen molar-refractivity contribution in [1.29, 1.82) is 0 Å². The van der Waals surface area contributed by atoms with Crippen LogP contribution in [0.3, 0.4) is 0 Å². The van der Waals surface area contributed by atoms with Crippen molar-refractivity contribution in [3.8, 4) is 11.5 Å². The van der Waals surface area contributed by atoms with Crippen LogP contribution in [0.4, 0.5) is 0 Å². The van der Waals surface area contributed by atoms with Crippen LogP contribution in [0, 0.1) is 0 Å². The van der Waals surface area contributed by atoms with Gasteiger partial charge in [-0.15, -0.1) is 0 Å². The molecule has 0 unspecified atom stereocenters. The first-order valence-corrected chi connectivity index (χ1v) is 9.32. The molecule has 1 aromatic carbocycles. The summed E-state index contributed by atoms with van der Waals surface area (Å²) in [6.45, 7) is 3.09. The van der Waals surface area contributed by atoms with Crippen LogP contribution in [-0.2, 0) is 0 Å². The Kier molecular flexibility index (Phi) is 4.25. The molecule has 1 aromatic heterocycles. The Bertz CT molecular complexity index is 831. The van der Waals surface area contributed by atoms with Gasteiger partial charge in [0, 0.05) is 29.1 Å². The number of aromatic hydroxyl groups is 1. The molecule has 0 bridgehead atoms. The fourth-order valence-corrected chi connectivity index (χ4v) is 4.77. The quantitative estimate of drug-likeness (QED) is 0.877. The Labute approximate surface area is 155 Å². The van der Waals surface area contributed by atoms with E-state index in [4.69, 9.17) is 21.3 Å². The summed E-state index contributed by atoms with van der Waals surface area (Å²) in [5.41, 5.74) is 1.80. The molecule has 25 heavy (non-hydrogen) atoms. The second-order valence-electron chi connectivity index (χ2n) is 6.18. The van der Waals surface area contributed by atoms with Gasteiger partial charge in [-0.2, -0.15) is 0 Å². The van der Waals surface area contributed by atoms with Gasteiger partial charge in [0.25, 0.3) is 0 Å². The highest BCUT2D eigenvalue weighted by molar-refractivity contribution is 8.14. The van der Waals surface area contributed by atoms with Crippen molar-refractivity contribution < 1.29 is 9.84 Å². The van der Waals surface area contributed by atoms with Gasteiger partial charge in [0.2, 0.25) is 0 Å². The molecule has 2 aliphatic rings. The summed E-state index contributed by atoms with van der Waals surface area (Å²) >= 11 is 8.27. The van der Waals surface area contributed by atoms with Crippen LogP contribution in [0.5, 0.6) is 11.5 Å². The summed E-state index contributed by atoms with van der Waals surface area (Å²) in [5.74, 6) is 0.446. The molecule has 1 fully saturated rings. The smallest absolute Gasteiger partial charge is 0.160 e. The number of pyridine rings is 1. The van der Waals surface area contributed by atoms with E-state index >= 15 is 0 Å². The molecule has 3 heterocycles. The predicted octanol–water partition coefficient (Wildman–Crippen LogP) is 4.04. The zero-order chi connectivity index (χ0) is 17.6. The predicted molar refractivity (Wildman–Crippen MR) is 101 cm³/mol. The van der Waals surface area contributed by atoms with Crippen molar-refractivity contribution >= 4 is 28.5 Å². The van der Waals surface area contributed by atoms with Crippen LogP contribution >= 0.6 is 23.4 Å². The molecule has 2 aliphatic heterocycles. The third-order valence-electron chi connectivity index (χ3n) is 4.50. The number of hydrogen-bond acceptors (Lipinski definition) is 6. The molecule has 0 amide bonds. The van der Waals surface area contributed by atoms with Crippen LogP contribution in [-0.4, -0.2) is 39.1 Å². The number of ether oxygens (including phenoxy) is 1. The van der Waals surface area contributed by atoms with Crippen molar-refractivity contribution in [2.24, 2.45) is 4.99 Å². The lowest BCUT2D eigenvalue weighted by atomic mass is 9.96. The molecule has 0 aliphatic carbocycles. The standard InChI is InChI=1S/C18H18ClN3O2S/c1-10-9-22-17(11-7-15(24-2)14(23)8-12(11)19)16(21-18(22)25-10)13-5-3-4-6-20-13/h3-8,10,16-17,23H,9H2,1-2H3/t10-,16-,17-/m1/s1. The molecule has 0 spiro atoms. The maximum atomic E-state index is 10.0. The SMILES string of the molecule is COc1cc([C@@H]2[C@@H](c3ccccn3)N=C3S[C@H](C)CN32)c(Cl)cc1O. The van der Waals surface area contributed by atoms with Gasteiger partial charge in [0.1, 0.15) is 6.04 Å². The van der Waals surface area contributed by atoms with Crippen molar-refractivity contribution in [3.05, 3.63) is 52.8 Å². The van der Waals surface area contributed by atoms with Gasteiger partial charge in [0.05, 0.1) is 18.8 Å². The molecular formula is C18H18ClN3O2S. The maximum Gasteiger partial charge on any atom is 0.160 e. The third-order valence-corrected chi connectivity index (χ3v) is 5.93. The number of amidine groups is 1. The van der Waals surface area contributed by atoms with E-state index in [0.717, 1.165) is 23.0 Å². The number of fused-ring (bicyclic) bond motifs is 1. The first-order valence-electron chi connectivity index (χ1n) is 8.07.